The fourth-order valence-corrected chi connectivity index (χ4v) is 4.13. The van der Waals surface area contributed by atoms with Gasteiger partial charge >= 0.3 is 0 Å². The maximum absolute atomic E-state index is 13.3. The summed E-state index contributed by atoms with van der Waals surface area (Å²) >= 11 is 3.60. The second kappa shape index (κ2) is 11.9. The Morgan fingerprint density at radius 2 is 1.74 bits per heavy atom. The predicted molar refractivity (Wildman–Crippen MR) is 138 cm³/mol. The molecular weight excluding hydrogens is 496 g/mol. The van der Waals surface area contributed by atoms with Crippen LogP contribution in [0.5, 0.6) is 11.5 Å². The molecule has 0 aliphatic heterocycles. The Balaban J connectivity index is 1.78. The lowest BCUT2D eigenvalue weighted by Gasteiger charge is -2.29. The molecule has 0 saturated heterocycles. The highest BCUT2D eigenvalue weighted by Crippen LogP contribution is 2.33. The smallest absolute Gasteiger partial charge is 0.261 e. The summed E-state index contributed by atoms with van der Waals surface area (Å²) in [6, 6.07) is 18.6. The van der Waals surface area contributed by atoms with E-state index in [2.05, 4.69) is 21.2 Å². The topological polar surface area (TPSA) is 67.9 Å². The molecular formula is C27H31BrN2O4. The lowest BCUT2D eigenvalue weighted by molar-refractivity contribution is -0.142. The largest absolute Gasteiger partial charge is 0.497 e. The first kappa shape index (κ1) is 25.6. The maximum Gasteiger partial charge on any atom is 0.261 e. The zero-order valence-electron chi connectivity index (χ0n) is 20.0. The minimum atomic E-state index is -0.660. The quantitative estimate of drug-likeness (QED) is 0.388. The van der Waals surface area contributed by atoms with Crippen molar-refractivity contribution in [3.8, 4) is 11.5 Å². The van der Waals surface area contributed by atoms with Crippen molar-refractivity contribution in [2.45, 2.75) is 45.8 Å². The molecule has 0 spiro atoms. The number of fused-ring (bicyclic) bond motifs is 1. The molecule has 0 aliphatic rings. The van der Waals surface area contributed by atoms with E-state index in [1.54, 1.807) is 18.9 Å². The second-order valence-electron chi connectivity index (χ2n) is 8.25. The third-order valence-corrected chi connectivity index (χ3v) is 6.68. The number of carbonyl (C=O) groups excluding carboxylic acids is 2. The summed E-state index contributed by atoms with van der Waals surface area (Å²) in [5.74, 6) is 0.840. The van der Waals surface area contributed by atoms with Gasteiger partial charge in [-0.15, -0.1) is 0 Å². The van der Waals surface area contributed by atoms with Gasteiger partial charge in [0.15, 0.2) is 6.61 Å². The first-order valence-electron chi connectivity index (χ1n) is 11.4. The number of amides is 2. The van der Waals surface area contributed by atoms with Gasteiger partial charge in [-0.3, -0.25) is 9.59 Å². The van der Waals surface area contributed by atoms with Gasteiger partial charge in [0.2, 0.25) is 5.91 Å². The van der Waals surface area contributed by atoms with Gasteiger partial charge in [0.1, 0.15) is 17.5 Å². The van der Waals surface area contributed by atoms with Crippen LogP contribution in [0.3, 0.4) is 0 Å². The fraction of sp³-hybridized carbons (Fsp3) is 0.333. The number of carbonyl (C=O) groups is 2. The highest BCUT2D eigenvalue weighted by molar-refractivity contribution is 9.10. The number of nitrogens with zero attached hydrogens (tertiary/aromatic N) is 1. The molecule has 3 rings (SSSR count). The van der Waals surface area contributed by atoms with E-state index in [9.17, 15) is 9.59 Å². The van der Waals surface area contributed by atoms with Crippen LogP contribution in [0.2, 0.25) is 0 Å². The molecule has 0 aliphatic carbocycles. The Hall–Kier alpha value is -3.06. The minimum absolute atomic E-state index is 0.0256. The Bertz CT molecular complexity index is 1130. The molecule has 34 heavy (non-hydrogen) atoms. The van der Waals surface area contributed by atoms with Crippen LogP contribution < -0.4 is 14.8 Å². The molecule has 1 N–H and O–H groups in total. The third kappa shape index (κ3) is 6.29. The maximum atomic E-state index is 13.3. The van der Waals surface area contributed by atoms with Crippen LogP contribution in [0.25, 0.3) is 10.8 Å². The van der Waals surface area contributed by atoms with E-state index in [4.69, 9.17) is 9.47 Å². The standard InChI is InChI=1S/C27H31BrN2O4/c1-5-18(2)29-27(32)19(3)30(16-20-10-13-22(33-4)14-11-20)25(31)17-34-24-15-12-21-8-6-7-9-23(21)26(24)28/h6-15,18-19H,5,16-17H2,1-4H3,(H,29,32)/t18-,19-/m1/s1. The summed E-state index contributed by atoms with van der Waals surface area (Å²) in [4.78, 5) is 27.7. The van der Waals surface area contributed by atoms with Gasteiger partial charge < -0.3 is 19.7 Å². The SMILES string of the molecule is CC[C@@H](C)NC(=O)[C@@H](C)N(Cc1ccc(OC)cc1)C(=O)COc1ccc2ccccc2c1Br. The highest BCUT2D eigenvalue weighted by atomic mass is 79.9. The van der Waals surface area contributed by atoms with Crippen LogP contribution in [0.15, 0.2) is 65.1 Å². The summed E-state index contributed by atoms with van der Waals surface area (Å²) in [7, 11) is 1.61. The summed E-state index contributed by atoms with van der Waals surface area (Å²) < 4.78 is 11.9. The Kier molecular flexibility index (Phi) is 8.93. The van der Waals surface area contributed by atoms with Crippen LogP contribution in [0.4, 0.5) is 0 Å². The molecule has 2 amide bonds. The molecule has 0 aromatic heterocycles. The van der Waals surface area contributed by atoms with E-state index >= 15 is 0 Å². The summed E-state index contributed by atoms with van der Waals surface area (Å²) in [6.45, 7) is 5.78. The molecule has 3 aromatic carbocycles. The average Bonchev–Trinajstić information content (AvgIpc) is 2.86. The van der Waals surface area contributed by atoms with E-state index < -0.39 is 6.04 Å². The van der Waals surface area contributed by atoms with Crippen LogP contribution in [-0.2, 0) is 16.1 Å². The van der Waals surface area contributed by atoms with E-state index in [0.29, 0.717) is 5.75 Å². The second-order valence-corrected chi connectivity index (χ2v) is 9.04. The molecule has 7 heteroatoms. The molecule has 0 saturated carbocycles. The van der Waals surface area contributed by atoms with Gasteiger partial charge in [-0.05, 0) is 70.7 Å². The van der Waals surface area contributed by atoms with Crippen molar-refractivity contribution in [2.24, 2.45) is 0 Å². The number of halogens is 1. The molecule has 0 fully saturated rings. The minimum Gasteiger partial charge on any atom is -0.497 e. The summed E-state index contributed by atoms with van der Waals surface area (Å²) in [6.07, 6.45) is 0.810. The molecule has 0 bridgehead atoms. The number of hydrogen-bond donors (Lipinski definition) is 1. The Labute approximate surface area is 209 Å². The summed E-state index contributed by atoms with van der Waals surface area (Å²) in [5.41, 5.74) is 0.893. The van der Waals surface area contributed by atoms with Gasteiger partial charge in [0, 0.05) is 12.6 Å². The van der Waals surface area contributed by atoms with Gasteiger partial charge in [-0.2, -0.15) is 0 Å². The van der Waals surface area contributed by atoms with Gasteiger partial charge in [0.05, 0.1) is 11.6 Å². The number of hydrogen-bond acceptors (Lipinski definition) is 4. The third-order valence-electron chi connectivity index (χ3n) is 5.86. The van der Waals surface area contributed by atoms with Crippen LogP contribution >= 0.6 is 15.9 Å². The van der Waals surface area contributed by atoms with Gasteiger partial charge in [0.25, 0.3) is 5.91 Å². The predicted octanol–water partition coefficient (Wildman–Crippen LogP) is 5.32. The zero-order valence-corrected chi connectivity index (χ0v) is 21.6. The Morgan fingerprint density at radius 3 is 2.41 bits per heavy atom. The lowest BCUT2D eigenvalue weighted by atomic mass is 10.1. The molecule has 6 nitrogen and oxygen atoms in total. The normalized spacial score (nSPS) is 12.6. The van der Waals surface area contributed by atoms with Crippen LogP contribution in [-0.4, -0.2) is 42.5 Å². The van der Waals surface area contributed by atoms with Crippen molar-refractivity contribution in [1.82, 2.24) is 10.2 Å². The highest BCUT2D eigenvalue weighted by Gasteiger charge is 2.27. The van der Waals surface area contributed by atoms with Crippen molar-refractivity contribution in [1.29, 1.82) is 0 Å². The first-order valence-corrected chi connectivity index (χ1v) is 12.2. The number of nitrogens with one attached hydrogen (secondary N) is 1. The lowest BCUT2D eigenvalue weighted by Crippen LogP contribution is -2.50. The molecule has 0 unspecified atom stereocenters. The van der Waals surface area contributed by atoms with E-state index in [1.165, 1.54) is 0 Å². The number of benzene rings is 3. The summed E-state index contributed by atoms with van der Waals surface area (Å²) in [5, 5.41) is 5.05. The van der Waals surface area contributed by atoms with E-state index in [-0.39, 0.29) is 31.0 Å². The van der Waals surface area contributed by atoms with Gasteiger partial charge in [-0.1, -0.05) is 49.4 Å². The Morgan fingerprint density at radius 1 is 1.03 bits per heavy atom. The molecule has 180 valence electrons. The zero-order chi connectivity index (χ0) is 24.7. The monoisotopic (exact) mass is 526 g/mol. The van der Waals surface area contributed by atoms with Crippen molar-refractivity contribution in [3.05, 3.63) is 70.7 Å². The van der Waals surface area contributed by atoms with E-state index in [0.717, 1.165) is 33.0 Å². The first-order chi connectivity index (χ1) is 16.3. The number of ether oxygens (including phenoxy) is 2. The molecule has 0 heterocycles. The number of methoxy groups -OCH3 is 1. The molecule has 2 atom stereocenters. The van der Waals surface area contributed by atoms with Gasteiger partial charge in [-0.25, -0.2) is 0 Å². The van der Waals surface area contributed by atoms with Crippen LogP contribution in [0, 0.1) is 0 Å². The van der Waals surface area contributed by atoms with E-state index in [1.807, 2.05) is 74.5 Å². The van der Waals surface area contributed by atoms with Crippen molar-refractivity contribution >= 4 is 38.5 Å². The fourth-order valence-electron chi connectivity index (χ4n) is 3.52. The van der Waals surface area contributed by atoms with Crippen molar-refractivity contribution < 1.29 is 19.1 Å². The molecule has 3 aromatic rings. The van der Waals surface area contributed by atoms with Crippen LogP contribution in [0.1, 0.15) is 32.8 Å². The number of rotatable bonds is 10. The molecule has 0 radical (unpaired) electrons. The van der Waals surface area contributed by atoms with Crippen molar-refractivity contribution in [2.75, 3.05) is 13.7 Å². The average molecular weight is 527 g/mol. The van der Waals surface area contributed by atoms with Crippen molar-refractivity contribution in [3.63, 3.8) is 0 Å².